The molecule has 0 saturated carbocycles. The molecular formula is C27H36N4O3. The largest absolute Gasteiger partial charge is 0.444 e. The van der Waals surface area contributed by atoms with E-state index in [4.69, 9.17) is 4.74 Å². The number of para-hydroxylation sites is 1. The maximum absolute atomic E-state index is 13.0. The topological polar surface area (TPSA) is 86.5 Å². The molecule has 0 spiro atoms. The lowest BCUT2D eigenvalue weighted by atomic mass is 10.1. The summed E-state index contributed by atoms with van der Waals surface area (Å²) in [6.45, 7) is 11.3. The SMILES string of the molecule is CCCNNC(=O)c1ccc(CN(CCc2c(C)[nH]c3ccccc23)C(=O)OC(C)(C)C)cc1. The van der Waals surface area contributed by atoms with E-state index in [-0.39, 0.29) is 12.0 Å². The van der Waals surface area contributed by atoms with E-state index in [9.17, 15) is 9.59 Å². The Balaban J connectivity index is 1.73. The molecule has 0 atom stereocenters. The van der Waals surface area contributed by atoms with Crippen LogP contribution in [0.1, 0.15) is 61.3 Å². The number of carbonyl (C=O) groups is 2. The molecule has 0 aliphatic rings. The molecule has 2 aromatic carbocycles. The molecule has 1 aromatic heterocycles. The summed E-state index contributed by atoms with van der Waals surface area (Å²) in [5.41, 5.74) is 9.89. The molecule has 0 unspecified atom stereocenters. The normalized spacial score (nSPS) is 11.4. The number of aromatic nitrogens is 1. The Bertz CT molecular complexity index is 1110. The highest BCUT2D eigenvalue weighted by atomic mass is 16.6. The Morgan fingerprint density at radius 1 is 1.06 bits per heavy atom. The van der Waals surface area contributed by atoms with Gasteiger partial charge in [-0.15, -0.1) is 0 Å². The first-order valence-electron chi connectivity index (χ1n) is 11.8. The Labute approximate surface area is 201 Å². The van der Waals surface area contributed by atoms with Crippen molar-refractivity contribution >= 4 is 22.9 Å². The van der Waals surface area contributed by atoms with Gasteiger partial charge in [-0.2, -0.15) is 0 Å². The van der Waals surface area contributed by atoms with Crippen molar-refractivity contribution in [3.05, 3.63) is 70.9 Å². The average Bonchev–Trinajstić information content (AvgIpc) is 3.10. The van der Waals surface area contributed by atoms with Gasteiger partial charge in [-0.1, -0.05) is 37.3 Å². The number of aryl methyl sites for hydroxylation is 1. The number of amides is 2. The van der Waals surface area contributed by atoms with Gasteiger partial charge in [0.15, 0.2) is 0 Å². The van der Waals surface area contributed by atoms with Crippen LogP contribution in [-0.2, 0) is 17.7 Å². The fourth-order valence-corrected chi connectivity index (χ4v) is 3.79. The van der Waals surface area contributed by atoms with Gasteiger partial charge in [0.1, 0.15) is 5.60 Å². The first-order chi connectivity index (χ1) is 16.2. The molecule has 3 N–H and O–H groups in total. The van der Waals surface area contributed by atoms with Crippen LogP contribution in [0.2, 0.25) is 0 Å². The molecule has 0 saturated heterocycles. The van der Waals surface area contributed by atoms with E-state index >= 15 is 0 Å². The lowest BCUT2D eigenvalue weighted by molar-refractivity contribution is 0.0235. The van der Waals surface area contributed by atoms with Crippen LogP contribution in [0.25, 0.3) is 10.9 Å². The summed E-state index contributed by atoms with van der Waals surface area (Å²) in [4.78, 5) is 30.4. The molecule has 0 fully saturated rings. The van der Waals surface area contributed by atoms with Crippen molar-refractivity contribution in [2.24, 2.45) is 0 Å². The predicted octanol–water partition coefficient (Wildman–Crippen LogP) is 5.10. The quantitative estimate of drug-likeness (QED) is 0.304. The summed E-state index contributed by atoms with van der Waals surface area (Å²) >= 11 is 0. The second-order valence-corrected chi connectivity index (χ2v) is 9.50. The van der Waals surface area contributed by atoms with Gasteiger partial charge in [-0.3, -0.25) is 10.2 Å². The van der Waals surface area contributed by atoms with Crippen LogP contribution < -0.4 is 10.9 Å². The average molecular weight is 465 g/mol. The standard InChI is InChI=1S/C27H36N4O3/c1-6-16-28-30-25(32)21-13-11-20(12-14-21)18-31(26(33)34-27(3,4)5)17-15-22-19(2)29-24-10-8-7-9-23(22)24/h7-14,28-29H,6,15-18H2,1-5H3,(H,30,32). The van der Waals surface area contributed by atoms with Crippen LogP contribution in [0, 0.1) is 6.92 Å². The molecule has 2 amide bonds. The molecule has 7 heteroatoms. The zero-order valence-electron chi connectivity index (χ0n) is 20.8. The van der Waals surface area contributed by atoms with Crippen molar-refractivity contribution in [2.45, 2.75) is 59.6 Å². The van der Waals surface area contributed by atoms with Gasteiger partial charge >= 0.3 is 6.09 Å². The number of fused-ring (bicyclic) bond motifs is 1. The Morgan fingerprint density at radius 2 is 1.76 bits per heavy atom. The van der Waals surface area contributed by atoms with Crippen LogP contribution in [-0.4, -0.2) is 40.6 Å². The first kappa shape index (κ1) is 25.3. The summed E-state index contributed by atoms with van der Waals surface area (Å²) < 4.78 is 5.68. The molecule has 3 rings (SSSR count). The summed E-state index contributed by atoms with van der Waals surface area (Å²) in [6.07, 6.45) is 1.28. The number of nitrogens with one attached hydrogen (secondary N) is 3. The summed E-state index contributed by atoms with van der Waals surface area (Å²) in [6, 6.07) is 15.5. The number of H-pyrrole nitrogens is 1. The lowest BCUT2D eigenvalue weighted by Crippen LogP contribution is -2.38. The van der Waals surface area contributed by atoms with E-state index in [0.717, 1.165) is 23.2 Å². The zero-order valence-corrected chi connectivity index (χ0v) is 20.8. The molecular weight excluding hydrogens is 428 g/mol. The number of aromatic amines is 1. The number of nitrogens with zero attached hydrogens (tertiary/aromatic N) is 1. The Kier molecular flexibility index (Phi) is 8.34. The molecule has 0 radical (unpaired) electrons. The highest BCUT2D eigenvalue weighted by molar-refractivity contribution is 5.93. The molecule has 0 bridgehead atoms. The van der Waals surface area contributed by atoms with Gasteiger partial charge in [0.05, 0.1) is 0 Å². The fraction of sp³-hybridized carbons (Fsp3) is 0.407. The molecule has 3 aromatic rings. The second-order valence-electron chi connectivity index (χ2n) is 9.50. The first-order valence-corrected chi connectivity index (χ1v) is 11.8. The maximum atomic E-state index is 13.0. The maximum Gasteiger partial charge on any atom is 0.410 e. The summed E-state index contributed by atoms with van der Waals surface area (Å²) in [5.74, 6) is -0.182. The second kappa shape index (κ2) is 11.2. The van der Waals surface area contributed by atoms with Crippen LogP contribution in [0.4, 0.5) is 4.79 Å². The zero-order chi connectivity index (χ0) is 24.7. The van der Waals surface area contributed by atoms with E-state index in [2.05, 4.69) is 34.9 Å². The van der Waals surface area contributed by atoms with Crippen molar-refractivity contribution in [1.82, 2.24) is 20.7 Å². The minimum absolute atomic E-state index is 0.182. The number of hydrogen-bond acceptors (Lipinski definition) is 4. The van der Waals surface area contributed by atoms with E-state index in [0.29, 0.717) is 31.6 Å². The van der Waals surface area contributed by atoms with Crippen LogP contribution in [0.5, 0.6) is 0 Å². The monoisotopic (exact) mass is 464 g/mol. The highest BCUT2D eigenvalue weighted by Crippen LogP contribution is 2.23. The van der Waals surface area contributed by atoms with E-state index < -0.39 is 5.60 Å². The van der Waals surface area contributed by atoms with Crippen molar-refractivity contribution in [3.63, 3.8) is 0 Å². The van der Waals surface area contributed by atoms with E-state index in [1.165, 1.54) is 10.9 Å². The number of rotatable bonds is 9. The minimum atomic E-state index is -0.584. The number of ether oxygens (including phenoxy) is 1. The van der Waals surface area contributed by atoms with Crippen LogP contribution >= 0.6 is 0 Å². The Morgan fingerprint density at radius 3 is 2.44 bits per heavy atom. The third-order valence-corrected chi connectivity index (χ3v) is 5.48. The van der Waals surface area contributed by atoms with Crippen molar-refractivity contribution < 1.29 is 14.3 Å². The van der Waals surface area contributed by atoms with Gasteiger partial charge in [0.25, 0.3) is 5.91 Å². The molecule has 1 heterocycles. The Hall–Kier alpha value is -3.32. The number of carbonyl (C=O) groups excluding carboxylic acids is 2. The molecule has 0 aliphatic heterocycles. The third kappa shape index (κ3) is 6.84. The van der Waals surface area contributed by atoms with Crippen molar-refractivity contribution in [1.29, 1.82) is 0 Å². The van der Waals surface area contributed by atoms with Gasteiger partial charge in [0, 0.05) is 41.8 Å². The van der Waals surface area contributed by atoms with Gasteiger partial charge in [0.2, 0.25) is 0 Å². The van der Waals surface area contributed by atoms with Gasteiger partial charge in [-0.25, -0.2) is 10.2 Å². The van der Waals surface area contributed by atoms with Crippen molar-refractivity contribution in [3.8, 4) is 0 Å². The third-order valence-electron chi connectivity index (χ3n) is 5.48. The minimum Gasteiger partial charge on any atom is -0.444 e. The molecule has 7 nitrogen and oxygen atoms in total. The number of benzene rings is 2. The van der Waals surface area contributed by atoms with Gasteiger partial charge in [-0.05, 0) is 69.9 Å². The van der Waals surface area contributed by atoms with Crippen LogP contribution in [0.3, 0.4) is 0 Å². The molecule has 0 aliphatic carbocycles. The van der Waals surface area contributed by atoms with Gasteiger partial charge < -0.3 is 14.6 Å². The highest BCUT2D eigenvalue weighted by Gasteiger charge is 2.23. The smallest absolute Gasteiger partial charge is 0.410 e. The molecule has 34 heavy (non-hydrogen) atoms. The van der Waals surface area contributed by atoms with Crippen molar-refractivity contribution in [2.75, 3.05) is 13.1 Å². The van der Waals surface area contributed by atoms with Crippen LogP contribution in [0.15, 0.2) is 48.5 Å². The summed E-state index contributed by atoms with van der Waals surface area (Å²) in [7, 11) is 0. The molecule has 182 valence electrons. The predicted molar refractivity (Wildman–Crippen MR) is 136 cm³/mol. The van der Waals surface area contributed by atoms with E-state index in [1.54, 1.807) is 17.0 Å². The number of hydrogen-bond donors (Lipinski definition) is 3. The van der Waals surface area contributed by atoms with E-state index in [1.807, 2.05) is 52.0 Å². The fourth-order valence-electron chi connectivity index (χ4n) is 3.79. The summed E-state index contributed by atoms with van der Waals surface area (Å²) in [5, 5.41) is 1.18. The number of hydrazine groups is 1. The lowest BCUT2D eigenvalue weighted by Gasteiger charge is -2.27.